The van der Waals surface area contributed by atoms with Gasteiger partial charge < -0.3 is 4.74 Å². The SMILES string of the molecule is CC1(C)OC(=O)Nc2ccncc21. The number of fused-ring (bicyclic) bond motifs is 1. The molecule has 0 aliphatic carbocycles. The summed E-state index contributed by atoms with van der Waals surface area (Å²) in [6.45, 7) is 3.68. The summed E-state index contributed by atoms with van der Waals surface area (Å²) < 4.78 is 5.11. The Hall–Kier alpha value is -1.58. The van der Waals surface area contributed by atoms with Gasteiger partial charge >= 0.3 is 6.09 Å². The number of carbonyl (C=O) groups is 1. The van der Waals surface area contributed by atoms with Crippen molar-refractivity contribution in [3.05, 3.63) is 24.0 Å². The average Bonchev–Trinajstić information content (AvgIpc) is 2.02. The van der Waals surface area contributed by atoms with Crippen LogP contribution in [0.2, 0.25) is 0 Å². The molecule has 1 amide bonds. The van der Waals surface area contributed by atoms with Gasteiger partial charge in [-0.2, -0.15) is 0 Å². The van der Waals surface area contributed by atoms with Crippen molar-refractivity contribution in [3.8, 4) is 0 Å². The number of hydrogen-bond donors (Lipinski definition) is 1. The lowest BCUT2D eigenvalue weighted by atomic mass is 9.97. The van der Waals surface area contributed by atoms with E-state index >= 15 is 0 Å². The molecule has 0 radical (unpaired) electrons. The van der Waals surface area contributed by atoms with E-state index in [9.17, 15) is 4.79 Å². The summed E-state index contributed by atoms with van der Waals surface area (Å²) in [6, 6.07) is 1.76. The lowest BCUT2D eigenvalue weighted by molar-refractivity contribution is 0.0418. The van der Waals surface area contributed by atoms with Crippen molar-refractivity contribution >= 4 is 11.8 Å². The number of rotatable bonds is 0. The Bertz CT molecular complexity index is 360. The minimum Gasteiger partial charge on any atom is -0.438 e. The predicted molar refractivity (Wildman–Crippen MR) is 47.4 cm³/mol. The van der Waals surface area contributed by atoms with E-state index < -0.39 is 11.7 Å². The Labute approximate surface area is 75.9 Å². The molecule has 13 heavy (non-hydrogen) atoms. The van der Waals surface area contributed by atoms with E-state index in [1.165, 1.54) is 0 Å². The summed E-state index contributed by atoms with van der Waals surface area (Å²) in [6.07, 6.45) is 2.93. The highest BCUT2D eigenvalue weighted by molar-refractivity contribution is 5.88. The van der Waals surface area contributed by atoms with Crippen molar-refractivity contribution in [3.63, 3.8) is 0 Å². The van der Waals surface area contributed by atoms with E-state index in [0.717, 1.165) is 11.3 Å². The Morgan fingerprint density at radius 3 is 3.08 bits per heavy atom. The minimum atomic E-state index is -0.591. The van der Waals surface area contributed by atoms with Crippen LogP contribution in [0.4, 0.5) is 10.5 Å². The van der Waals surface area contributed by atoms with Crippen LogP contribution in [0.5, 0.6) is 0 Å². The molecule has 0 saturated carbocycles. The number of carbonyl (C=O) groups excluding carboxylic acids is 1. The first-order valence-corrected chi connectivity index (χ1v) is 4.04. The quantitative estimate of drug-likeness (QED) is 0.659. The van der Waals surface area contributed by atoms with E-state index in [-0.39, 0.29) is 0 Å². The summed E-state index contributed by atoms with van der Waals surface area (Å²) in [7, 11) is 0. The zero-order valence-electron chi connectivity index (χ0n) is 7.50. The van der Waals surface area contributed by atoms with Gasteiger partial charge in [0, 0.05) is 18.0 Å². The lowest BCUT2D eigenvalue weighted by Crippen LogP contribution is -2.34. The molecular formula is C9H10N2O2. The Kier molecular flexibility index (Phi) is 1.52. The maximum absolute atomic E-state index is 11.1. The number of cyclic esters (lactones) is 1. The van der Waals surface area contributed by atoms with Gasteiger partial charge in [-0.1, -0.05) is 0 Å². The normalized spacial score (nSPS) is 18.5. The molecule has 1 aliphatic rings. The number of pyridine rings is 1. The van der Waals surface area contributed by atoms with Gasteiger partial charge in [-0.05, 0) is 19.9 Å². The standard InChI is InChI=1S/C9H10N2O2/c1-9(2)6-5-10-4-3-7(6)11-8(12)13-9/h3-5H,1-2H3,(H,11,12). The molecular weight excluding hydrogens is 168 g/mol. The van der Waals surface area contributed by atoms with Crippen LogP contribution in [0.1, 0.15) is 19.4 Å². The van der Waals surface area contributed by atoms with Crippen molar-refractivity contribution < 1.29 is 9.53 Å². The summed E-state index contributed by atoms with van der Waals surface area (Å²) in [4.78, 5) is 15.1. The highest BCUT2D eigenvalue weighted by Gasteiger charge is 2.33. The van der Waals surface area contributed by atoms with Crippen molar-refractivity contribution in [2.45, 2.75) is 19.4 Å². The summed E-state index contributed by atoms with van der Waals surface area (Å²) in [5.74, 6) is 0. The molecule has 0 saturated heterocycles. The van der Waals surface area contributed by atoms with Gasteiger partial charge in [0.15, 0.2) is 0 Å². The highest BCUT2D eigenvalue weighted by Crippen LogP contribution is 2.34. The fraction of sp³-hybridized carbons (Fsp3) is 0.333. The highest BCUT2D eigenvalue weighted by atomic mass is 16.6. The van der Waals surface area contributed by atoms with Crippen molar-refractivity contribution in [2.24, 2.45) is 0 Å². The maximum Gasteiger partial charge on any atom is 0.412 e. The minimum absolute atomic E-state index is 0.413. The monoisotopic (exact) mass is 178 g/mol. The average molecular weight is 178 g/mol. The fourth-order valence-electron chi connectivity index (χ4n) is 1.41. The Balaban J connectivity index is 2.56. The van der Waals surface area contributed by atoms with Gasteiger partial charge in [-0.15, -0.1) is 0 Å². The van der Waals surface area contributed by atoms with Crippen LogP contribution < -0.4 is 5.32 Å². The van der Waals surface area contributed by atoms with Gasteiger partial charge in [-0.3, -0.25) is 10.3 Å². The molecule has 0 atom stereocenters. The van der Waals surface area contributed by atoms with E-state index in [2.05, 4.69) is 10.3 Å². The number of hydrogen-bond acceptors (Lipinski definition) is 3. The smallest absolute Gasteiger partial charge is 0.412 e. The van der Waals surface area contributed by atoms with Crippen LogP contribution in [-0.2, 0) is 10.3 Å². The first-order valence-electron chi connectivity index (χ1n) is 4.04. The molecule has 1 N–H and O–H groups in total. The molecule has 2 rings (SSSR count). The van der Waals surface area contributed by atoms with E-state index in [1.807, 2.05) is 13.8 Å². The Morgan fingerprint density at radius 1 is 1.54 bits per heavy atom. The third-order valence-electron chi connectivity index (χ3n) is 2.05. The molecule has 1 aliphatic heterocycles. The fourth-order valence-corrected chi connectivity index (χ4v) is 1.41. The molecule has 4 nitrogen and oxygen atoms in total. The molecule has 0 fully saturated rings. The van der Waals surface area contributed by atoms with Crippen LogP contribution >= 0.6 is 0 Å². The van der Waals surface area contributed by atoms with Crippen molar-refractivity contribution in [1.82, 2.24) is 4.98 Å². The zero-order chi connectivity index (χ0) is 9.47. The molecule has 0 aromatic carbocycles. The van der Waals surface area contributed by atoms with Crippen LogP contribution in [0.3, 0.4) is 0 Å². The summed E-state index contributed by atoms with van der Waals surface area (Å²) >= 11 is 0. The molecule has 0 bridgehead atoms. The number of nitrogens with one attached hydrogen (secondary N) is 1. The van der Waals surface area contributed by atoms with E-state index in [0.29, 0.717) is 0 Å². The third-order valence-corrected chi connectivity index (χ3v) is 2.05. The first kappa shape index (κ1) is 8.04. The van der Waals surface area contributed by atoms with Gasteiger partial charge in [0.1, 0.15) is 5.60 Å². The Morgan fingerprint density at radius 2 is 2.31 bits per heavy atom. The number of ether oxygens (including phenoxy) is 1. The number of nitrogens with zero attached hydrogens (tertiary/aromatic N) is 1. The molecule has 68 valence electrons. The van der Waals surface area contributed by atoms with E-state index in [4.69, 9.17) is 4.74 Å². The van der Waals surface area contributed by atoms with E-state index in [1.54, 1.807) is 18.5 Å². The number of anilines is 1. The van der Waals surface area contributed by atoms with Crippen LogP contribution in [-0.4, -0.2) is 11.1 Å². The second-order valence-corrected chi connectivity index (χ2v) is 3.45. The molecule has 1 aromatic heterocycles. The third kappa shape index (κ3) is 1.24. The molecule has 2 heterocycles. The first-order chi connectivity index (χ1) is 6.09. The number of amides is 1. The second kappa shape index (κ2) is 2.45. The van der Waals surface area contributed by atoms with Crippen LogP contribution in [0.25, 0.3) is 0 Å². The van der Waals surface area contributed by atoms with Gasteiger partial charge in [0.2, 0.25) is 0 Å². The molecule has 1 aromatic rings. The topological polar surface area (TPSA) is 51.2 Å². The van der Waals surface area contributed by atoms with Gasteiger partial charge in [-0.25, -0.2) is 4.79 Å². The lowest BCUT2D eigenvalue weighted by Gasteiger charge is -2.31. The van der Waals surface area contributed by atoms with Crippen LogP contribution in [0, 0.1) is 0 Å². The van der Waals surface area contributed by atoms with Crippen LogP contribution in [0.15, 0.2) is 18.5 Å². The molecule has 0 spiro atoms. The maximum atomic E-state index is 11.1. The van der Waals surface area contributed by atoms with Gasteiger partial charge in [0.25, 0.3) is 0 Å². The number of aromatic nitrogens is 1. The van der Waals surface area contributed by atoms with Crippen molar-refractivity contribution in [1.29, 1.82) is 0 Å². The largest absolute Gasteiger partial charge is 0.438 e. The summed E-state index contributed by atoms with van der Waals surface area (Å²) in [5, 5.41) is 2.61. The second-order valence-electron chi connectivity index (χ2n) is 3.45. The predicted octanol–water partition coefficient (Wildman–Crippen LogP) is 1.88. The van der Waals surface area contributed by atoms with Crippen molar-refractivity contribution in [2.75, 3.05) is 5.32 Å². The summed E-state index contributed by atoms with van der Waals surface area (Å²) in [5.41, 5.74) is 1.08. The molecule has 0 unspecified atom stereocenters. The molecule has 4 heteroatoms. The zero-order valence-corrected chi connectivity index (χ0v) is 7.50. The van der Waals surface area contributed by atoms with Gasteiger partial charge in [0.05, 0.1) is 5.69 Å².